The molecule has 1 N–H and O–H groups in total. The number of amides is 1. The molecule has 0 saturated carbocycles. The summed E-state index contributed by atoms with van der Waals surface area (Å²) in [7, 11) is 0. The van der Waals surface area contributed by atoms with E-state index in [2.05, 4.69) is 25.2 Å². The fraction of sp³-hybridized carbons (Fsp3) is 0.615. The van der Waals surface area contributed by atoms with Crippen LogP contribution in [0.2, 0.25) is 0 Å². The number of nitrogens with zero attached hydrogens (tertiary/aromatic N) is 1. The fourth-order valence-electron chi connectivity index (χ4n) is 1.95. The van der Waals surface area contributed by atoms with Gasteiger partial charge < -0.3 is 15.0 Å². The molecule has 0 bridgehead atoms. The van der Waals surface area contributed by atoms with Gasteiger partial charge in [0.2, 0.25) is 5.91 Å². The quantitative estimate of drug-likeness (QED) is 0.895. The van der Waals surface area contributed by atoms with Crippen LogP contribution in [0, 0.1) is 13.8 Å². The first-order chi connectivity index (χ1) is 8.66. The number of hydrogen-bond acceptors (Lipinski definition) is 4. The summed E-state index contributed by atoms with van der Waals surface area (Å²) in [6, 6.07) is 2.19. The maximum Gasteiger partial charge on any atom is 0.236 e. The van der Waals surface area contributed by atoms with E-state index in [0.717, 1.165) is 19.6 Å². The second kappa shape index (κ2) is 6.31. The summed E-state index contributed by atoms with van der Waals surface area (Å²) in [5, 5.41) is 3.22. The highest BCUT2D eigenvalue weighted by molar-refractivity contribution is 7.12. The number of hydrogen-bond donors (Lipinski definition) is 1. The smallest absolute Gasteiger partial charge is 0.236 e. The Morgan fingerprint density at radius 3 is 2.78 bits per heavy atom. The third-order valence-electron chi connectivity index (χ3n) is 3.16. The molecule has 2 rings (SSSR count). The summed E-state index contributed by atoms with van der Waals surface area (Å²) < 4.78 is 5.23. The van der Waals surface area contributed by atoms with Gasteiger partial charge in [-0.3, -0.25) is 4.79 Å². The molecule has 0 atom stereocenters. The van der Waals surface area contributed by atoms with Crippen LogP contribution in [0.5, 0.6) is 0 Å². The van der Waals surface area contributed by atoms with Crippen molar-refractivity contribution in [3.05, 3.63) is 21.4 Å². The highest BCUT2D eigenvalue weighted by Gasteiger charge is 2.16. The second-order valence-electron chi connectivity index (χ2n) is 4.55. The zero-order valence-electron chi connectivity index (χ0n) is 11.0. The molecule has 0 aliphatic carbocycles. The van der Waals surface area contributed by atoms with E-state index in [4.69, 9.17) is 4.74 Å². The van der Waals surface area contributed by atoms with Crippen molar-refractivity contribution in [2.75, 3.05) is 32.8 Å². The van der Waals surface area contributed by atoms with Gasteiger partial charge in [-0.2, -0.15) is 0 Å². The van der Waals surface area contributed by atoms with Gasteiger partial charge in [0, 0.05) is 29.4 Å². The SMILES string of the molecule is Cc1cc(CNCC(=O)N2CCOCC2)sc1C. The highest BCUT2D eigenvalue weighted by Crippen LogP contribution is 2.20. The third-order valence-corrected chi connectivity index (χ3v) is 4.31. The molecule has 0 spiro atoms. The minimum Gasteiger partial charge on any atom is -0.378 e. The van der Waals surface area contributed by atoms with E-state index in [9.17, 15) is 4.79 Å². The maximum absolute atomic E-state index is 11.9. The summed E-state index contributed by atoms with van der Waals surface area (Å²) in [6.07, 6.45) is 0. The number of carbonyl (C=O) groups excluding carboxylic acids is 1. The Morgan fingerprint density at radius 1 is 1.44 bits per heavy atom. The van der Waals surface area contributed by atoms with Crippen molar-refractivity contribution in [3.8, 4) is 0 Å². The first-order valence-corrected chi connectivity index (χ1v) is 7.10. The number of aryl methyl sites for hydroxylation is 2. The monoisotopic (exact) mass is 268 g/mol. The molecule has 5 heteroatoms. The molecule has 0 aromatic carbocycles. The summed E-state index contributed by atoms with van der Waals surface area (Å²) in [5.74, 6) is 0.170. The van der Waals surface area contributed by atoms with Crippen LogP contribution >= 0.6 is 11.3 Å². The van der Waals surface area contributed by atoms with E-state index in [0.29, 0.717) is 19.8 Å². The Hall–Kier alpha value is -0.910. The lowest BCUT2D eigenvalue weighted by molar-refractivity contribution is -0.134. The van der Waals surface area contributed by atoms with E-state index >= 15 is 0 Å². The van der Waals surface area contributed by atoms with Crippen LogP contribution in [0.4, 0.5) is 0 Å². The molecular formula is C13H20N2O2S. The number of rotatable bonds is 4. The number of carbonyl (C=O) groups is 1. The average Bonchev–Trinajstić information content (AvgIpc) is 2.69. The van der Waals surface area contributed by atoms with E-state index in [-0.39, 0.29) is 5.91 Å². The molecule has 1 aromatic rings. The number of nitrogens with one attached hydrogen (secondary N) is 1. The van der Waals surface area contributed by atoms with Gasteiger partial charge in [-0.1, -0.05) is 0 Å². The first-order valence-electron chi connectivity index (χ1n) is 6.29. The van der Waals surface area contributed by atoms with Gasteiger partial charge in [0.05, 0.1) is 19.8 Å². The largest absolute Gasteiger partial charge is 0.378 e. The lowest BCUT2D eigenvalue weighted by atomic mass is 10.3. The van der Waals surface area contributed by atoms with Crippen molar-refractivity contribution in [2.45, 2.75) is 20.4 Å². The zero-order chi connectivity index (χ0) is 13.0. The third kappa shape index (κ3) is 3.54. The molecule has 1 aromatic heterocycles. The second-order valence-corrected chi connectivity index (χ2v) is 5.89. The molecule has 1 aliphatic rings. The van der Waals surface area contributed by atoms with Crippen LogP contribution in [0.1, 0.15) is 15.3 Å². The lowest BCUT2D eigenvalue weighted by Gasteiger charge is -2.26. The molecule has 4 nitrogen and oxygen atoms in total. The van der Waals surface area contributed by atoms with Gasteiger partial charge in [0.25, 0.3) is 0 Å². The van der Waals surface area contributed by atoms with Crippen molar-refractivity contribution >= 4 is 17.2 Å². The van der Waals surface area contributed by atoms with Crippen molar-refractivity contribution in [3.63, 3.8) is 0 Å². The van der Waals surface area contributed by atoms with Gasteiger partial charge in [-0.25, -0.2) is 0 Å². The number of morpholine rings is 1. The molecule has 0 radical (unpaired) electrons. The minimum absolute atomic E-state index is 0.170. The van der Waals surface area contributed by atoms with E-state index in [1.54, 1.807) is 11.3 Å². The van der Waals surface area contributed by atoms with Crippen molar-refractivity contribution in [1.29, 1.82) is 0 Å². The predicted octanol–water partition coefficient (Wildman–Crippen LogP) is 1.31. The van der Waals surface area contributed by atoms with Crippen LogP contribution < -0.4 is 5.32 Å². The lowest BCUT2D eigenvalue weighted by Crippen LogP contribution is -2.44. The normalized spacial score (nSPS) is 16.0. The number of thiophene rings is 1. The van der Waals surface area contributed by atoms with Crippen LogP contribution in [-0.2, 0) is 16.1 Å². The van der Waals surface area contributed by atoms with E-state index < -0.39 is 0 Å². The molecule has 100 valence electrons. The summed E-state index contributed by atoms with van der Waals surface area (Å²) in [6.45, 7) is 8.20. The molecule has 1 fully saturated rings. The van der Waals surface area contributed by atoms with Gasteiger partial charge in [0.15, 0.2) is 0 Å². The molecule has 1 amide bonds. The Bertz CT molecular complexity index is 392. The van der Waals surface area contributed by atoms with Crippen molar-refractivity contribution < 1.29 is 9.53 Å². The average molecular weight is 268 g/mol. The summed E-state index contributed by atoms with van der Waals surface area (Å²) in [4.78, 5) is 16.4. The van der Waals surface area contributed by atoms with Gasteiger partial charge in [0.1, 0.15) is 0 Å². The van der Waals surface area contributed by atoms with Gasteiger partial charge in [-0.05, 0) is 25.5 Å². The van der Waals surface area contributed by atoms with Gasteiger partial charge in [-0.15, -0.1) is 11.3 Å². The van der Waals surface area contributed by atoms with Gasteiger partial charge >= 0.3 is 0 Å². The first kappa shape index (κ1) is 13.5. The van der Waals surface area contributed by atoms with E-state index in [1.165, 1.54) is 15.3 Å². The van der Waals surface area contributed by atoms with Crippen molar-refractivity contribution in [1.82, 2.24) is 10.2 Å². The highest BCUT2D eigenvalue weighted by atomic mass is 32.1. The standard InChI is InChI=1S/C13H20N2O2S/c1-10-7-12(18-11(10)2)8-14-9-13(16)15-3-5-17-6-4-15/h7,14H,3-6,8-9H2,1-2H3. The van der Waals surface area contributed by atoms with Crippen molar-refractivity contribution in [2.24, 2.45) is 0 Å². The molecule has 0 unspecified atom stereocenters. The van der Waals surface area contributed by atoms with Crippen LogP contribution in [0.15, 0.2) is 6.07 Å². The zero-order valence-corrected chi connectivity index (χ0v) is 11.8. The van der Waals surface area contributed by atoms with E-state index in [1.807, 2.05) is 4.90 Å². The predicted molar refractivity (Wildman–Crippen MR) is 72.9 cm³/mol. The Labute approximate surface area is 112 Å². The maximum atomic E-state index is 11.9. The summed E-state index contributed by atoms with van der Waals surface area (Å²) in [5.41, 5.74) is 1.33. The fourth-order valence-corrected chi connectivity index (χ4v) is 2.98. The number of ether oxygens (including phenoxy) is 1. The molecule has 2 heterocycles. The summed E-state index contributed by atoms with van der Waals surface area (Å²) >= 11 is 1.79. The molecule has 1 aliphatic heterocycles. The Balaban J connectivity index is 1.72. The topological polar surface area (TPSA) is 41.6 Å². The molecular weight excluding hydrogens is 248 g/mol. The molecule has 1 saturated heterocycles. The van der Waals surface area contributed by atoms with Crippen LogP contribution in [0.3, 0.4) is 0 Å². The Kier molecular flexibility index (Phi) is 4.74. The van der Waals surface area contributed by atoms with Crippen LogP contribution in [-0.4, -0.2) is 43.7 Å². The Morgan fingerprint density at radius 2 is 2.17 bits per heavy atom. The van der Waals surface area contributed by atoms with Crippen LogP contribution in [0.25, 0.3) is 0 Å². The molecule has 18 heavy (non-hydrogen) atoms. The minimum atomic E-state index is 0.170.